The predicted octanol–water partition coefficient (Wildman–Crippen LogP) is 3.37. The molecule has 2 heterocycles. The summed E-state index contributed by atoms with van der Waals surface area (Å²) in [7, 11) is 0. The Morgan fingerprint density at radius 2 is 1.92 bits per heavy atom. The molecule has 1 aromatic carbocycles. The third-order valence-electron chi connectivity index (χ3n) is 3.26. The van der Waals surface area contributed by atoms with E-state index < -0.39 is 0 Å². The molecule has 7 heteroatoms. The first kappa shape index (κ1) is 16.2. The van der Waals surface area contributed by atoms with Crippen molar-refractivity contribution >= 4 is 21.8 Å². The minimum atomic E-state index is -0.303. The maximum Gasteiger partial charge on any atom is 0.253 e. The summed E-state index contributed by atoms with van der Waals surface area (Å²) >= 11 is 3.28. The topological polar surface area (TPSA) is 67.8 Å². The second-order valence-corrected chi connectivity index (χ2v) is 5.89. The zero-order chi connectivity index (χ0) is 16.9. The van der Waals surface area contributed by atoms with Crippen LogP contribution in [0, 0.1) is 5.82 Å². The predicted molar refractivity (Wildman–Crippen MR) is 90.5 cm³/mol. The van der Waals surface area contributed by atoms with Gasteiger partial charge >= 0.3 is 0 Å². The molecule has 0 aliphatic rings. The molecule has 3 rings (SSSR count). The van der Waals surface area contributed by atoms with Gasteiger partial charge in [-0.3, -0.25) is 9.78 Å². The molecule has 0 spiro atoms. The number of amides is 1. The molecule has 0 saturated carbocycles. The van der Waals surface area contributed by atoms with Gasteiger partial charge in [0.05, 0.1) is 23.5 Å². The molecule has 0 bridgehead atoms. The van der Waals surface area contributed by atoms with Crippen LogP contribution < -0.4 is 5.32 Å². The fraction of sp³-hybridized carbons (Fsp3) is 0.0588. The average molecular weight is 387 g/mol. The van der Waals surface area contributed by atoms with E-state index in [4.69, 9.17) is 0 Å². The Morgan fingerprint density at radius 3 is 2.67 bits per heavy atom. The van der Waals surface area contributed by atoms with E-state index in [0.29, 0.717) is 17.0 Å². The number of carbonyl (C=O) groups excluding carboxylic acids is 1. The number of halogens is 2. The van der Waals surface area contributed by atoms with Gasteiger partial charge in [-0.2, -0.15) is 0 Å². The van der Waals surface area contributed by atoms with Gasteiger partial charge in [-0.05, 0) is 52.3 Å². The lowest BCUT2D eigenvalue weighted by Gasteiger charge is -2.06. The van der Waals surface area contributed by atoms with Gasteiger partial charge in [0.15, 0.2) is 0 Å². The first-order valence-corrected chi connectivity index (χ1v) is 7.87. The van der Waals surface area contributed by atoms with E-state index in [1.807, 2.05) is 0 Å². The highest BCUT2D eigenvalue weighted by atomic mass is 79.9. The van der Waals surface area contributed by atoms with Gasteiger partial charge in [-0.15, -0.1) is 0 Å². The van der Waals surface area contributed by atoms with Crippen molar-refractivity contribution in [2.75, 3.05) is 0 Å². The first-order valence-electron chi connectivity index (χ1n) is 7.07. The average Bonchev–Trinajstić information content (AvgIpc) is 2.60. The summed E-state index contributed by atoms with van der Waals surface area (Å²) < 4.78 is 13.7. The number of nitrogens with one attached hydrogen (secondary N) is 1. The van der Waals surface area contributed by atoms with Crippen molar-refractivity contribution in [2.45, 2.75) is 6.54 Å². The molecule has 0 atom stereocenters. The highest BCUT2D eigenvalue weighted by Gasteiger charge is 2.08. The molecular weight excluding hydrogens is 375 g/mol. The fourth-order valence-corrected chi connectivity index (χ4v) is 2.45. The van der Waals surface area contributed by atoms with E-state index >= 15 is 0 Å². The van der Waals surface area contributed by atoms with Crippen LogP contribution in [0.5, 0.6) is 0 Å². The fourth-order valence-electron chi connectivity index (χ4n) is 2.08. The molecule has 0 aliphatic heterocycles. The Bertz CT molecular complexity index is 870. The van der Waals surface area contributed by atoms with Crippen molar-refractivity contribution in [3.05, 3.63) is 76.7 Å². The minimum Gasteiger partial charge on any atom is -0.346 e. The molecule has 0 radical (unpaired) electrons. The standard InChI is InChI=1S/C17H12BrFN4O/c18-13-5-12(7-20-8-13)17(24)21-9-15-6-16(23-10-22-15)11-1-3-14(19)4-2-11/h1-8,10H,9H2,(H,21,24). The SMILES string of the molecule is O=C(NCc1cc(-c2ccc(F)cc2)ncn1)c1cncc(Br)c1. The molecule has 0 unspecified atom stereocenters. The molecule has 1 amide bonds. The van der Waals surface area contributed by atoms with Crippen molar-refractivity contribution in [2.24, 2.45) is 0 Å². The van der Waals surface area contributed by atoms with Crippen molar-refractivity contribution in [3.8, 4) is 11.3 Å². The summed E-state index contributed by atoms with van der Waals surface area (Å²) in [4.78, 5) is 24.4. The first-order chi connectivity index (χ1) is 11.6. The van der Waals surface area contributed by atoms with Gasteiger partial charge in [0.2, 0.25) is 0 Å². The molecule has 0 saturated heterocycles. The lowest BCUT2D eigenvalue weighted by molar-refractivity contribution is 0.0950. The molecule has 24 heavy (non-hydrogen) atoms. The summed E-state index contributed by atoms with van der Waals surface area (Å²) in [5.41, 5.74) is 2.55. The molecular formula is C17H12BrFN4O. The zero-order valence-electron chi connectivity index (χ0n) is 12.4. The number of pyridine rings is 1. The third kappa shape index (κ3) is 3.99. The normalized spacial score (nSPS) is 10.4. The lowest BCUT2D eigenvalue weighted by atomic mass is 10.1. The summed E-state index contributed by atoms with van der Waals surface area (Å²) in [6.07, 6.45) is 4.51. The highest BCUT2D eigenvalue weighted by molar-refractivity contribution is 9.10. The maximum atomic E-state index is 13.0. The van der Waals surface area contributed by atoms with E-state index in [2.05, 4.69) is 36.2 Å². The van der Waals surface area contributed by atoms with Crippen molar-refractivity contribution in [3.63, 3.8) is 0 Å². The number of hydrogen-bond acceptors (Lipinski definition) is 4. The third-order valence-corrected chi connectivity index (χ3v) is 3.69. The van der Waals surface area contributed by atoms with Gasteiger partial charge in [-0.25, -0.2) is 14.4 Å². The number of rotatable bonds is 4. The number of aromatic nitrogens is 3. The molecule has 3 aromatic rings. The van der Waals surface area contributed by atoms with Gasteiger partial charge in [0.25, 0.3) is 5.91 Å². The van der Waals surface area contributed by atoms with Gasteiger partial charge in [0.1, 0.15) is 12.1 Å². The van der Waals surface area contributed by atoms with Crippen LogP contribution in [-0.4, -0.2) is 20.9 Å². The Kier molecular flexibility index (Phi) is 4.90. The van der Waals surface area contributed by atoms with Crippen LogP contribution in [0.4, 0.5) is 4.39 Å². The van der Waals surface area contributed by atoms with E-state index in [1.54, 1.807) is 30.5 Å². The van der Waals surface area contributed by atoms with Gasteiger partial charge < -0.3 is 5.32 Å². The molecule has 0 fully saturated rings. The van der Waals surface area contributed by atoms with Crippen molar-refractivity contribution < 1.29 is 9.18 Å². The lowest BCUT2D eigenvalue weighted by Crippen LogP contribution is -2.23. The summed E-state index contributed by atoms with van der Waals surface area (Å²) in [6.45, 7) is 0.252. The number of hydrogen-bond donors (Lipinski definition) is 1. The number of benzene rings is 1. The molecule has 0 aliphatic carbocycles. The van der Waals surface area contributed by atoms with Crippen molar-refractivity contribution in [1.29, 1.82) is 0 Å². The Hall–Kier alpha value is -2.67. The van der Waals surface area contributed by atoms with Crippen LogP contribution in [0.25, 0.3) is 11.3 Å². The molecule has 2 aromatic heterocycles. The Labute approximate surface area is 146 Å². The monoisotopic (exact) mass is 386 g/mol. The summed E-state index contributed by atoms with van der Waals surface area (Å²) in [5, 5.41) is 2.78. The second-order valence-electron chi connectivity index (χ2n) is 4.98. The Balaban J connectivity index is 1.71. The van der Waals surface area contributed by atoms with Crippen LogP contribution in [0.1, 0.15) is 16.1 Å². The highest BCUT2D eigenvalue weighted by Crippen LogP contribution is 2.17. The quantitative estimate of drug-likeness (QED) is 0.746. The molecule has 1 N–H and O–H groups in total. The zero-order valence-corrected chi connectivity index (χ0v) is 14.0. The van der Waals surface area contributed by atoms with Crippen LogP contribution in [-0.2, 0) is 6.54 Å². The van der Waals surface area contributed by atoms with Crippen LogP contribution in [0.15, 0.2) is 59.6 Å². The van der Waals surface area contributed by atoms with Crippen LogP contribution >= 0.6 is 15.9 Å². The van der Waals surface area contributed by atoms with E-state index in [1.165, 1.54) is 24.7 Å². The Morgan fingerprint density at radius 1 is 1.12 bits per heavy atom. The summed E-state index contributed by atoms with van der Waals surface area (Å²) in [5.74, 6) is -0.548. The van der Waals surface area contributed by atoms with Crippen molar-refractivity contribution in [1.82, 2.24) is 20.3 Å². The van der Waals surface area contributed by atoms with E-state index in [0.717, 1.165) is 10.0 Å². The second kappa shape index (κ2) is 7.27. The van der Waals surface area contributed by atoms with E-state index in [-0.39, 0.29) is 18.3 Å². The van der Waals surface area contributed by atoms with E-state index in [9.17, 15) is 9.18 Å². The maximum absolute atomic E-state index is 13.0. The number of carbonyl (C=O) groups is 1. The van der Waals surface area contributed by atoms with Gasteiger partial charge in [0, 0.05) is 22.4 Å². The van der Waals surface area contributed by atoms with Crippen LogP contribution in [0.2, 0.25) is 0 Å². The minimum absolute atomic E-state index is 0.245. The smallest absolute Gasteiger partial charge is 0.253 e. The molecule has 120 valence electrons. The van der Waals surface area contributed by atoms with Crippen LogP contribution in [0.3, 0.4) is 0 Å². The number of nitrogens with zero attached hydrogens (tertiary/aromatic N) is 3. The largest absolute Gasteiger partial charge is 0.346 e. The molecule has 5 nitrogen and oxygen atoms in total. The summed E-state index contributed by atoms with van der Waals surface area (Å²) in [6, 6.07) is 9.48. The van der Waals surface area contributed by atoms with Gasteiger partial charge in [-0.1, -0.05) is 0 Å².